The summed E-state index contributed by atoms with van der Waals surface area (Å²) >= 11 is 0. The quantitative estimate of drug-likeness (QED) is 0.313. The van der Waals surface area contributed by atoms with Gasteiger partial charge in [0.1, 0.15) is 5.84 Å². The standard InChI is InChI=1S/C24H21F2N5O6.ClH/c25-24(26)37-17-9-15-11(1-4-18(32)30-15)8-16(17)31-5-6-36-20(23(31)35)19(33)22(34)29-13-2-3-14-12(7-13)10-28-21(14)27;/h1-4,7-9,19-20,24,33H,5-6,10H2,(H2,27,28)(H,29,34)(H,30,32);1H/t19-,20-;/m1./s1. The van der Waals surface area contributed by atoms with E-state index in [-0.39, 0.29) is 48.3 Å². The maximum atomic E-state index is 13.3. The van der Waals surface area contributed by atoms with Crippen molar-refractivity contribution < 1.29 is 33.0 Å². The Morgan fingerprint density at radius 2 is 2.00 bits per heavy atom. The van der Waals surface area contributed by atoms with E-state index in [1.165, 1.54) is 24.3 Å². The normalized spacial score (nSPS) is 17.6. The van der Waals surface area contributed by atoms with Crippen LogP contribution in [0.1, 0.15) is 11.1 Å². The Morgan fingerprint density at radius 3 is 2.76 bits per heavy atom. The van der Waals surface area contributed by atoms with Crippen molar-refractivity contribution in [2.24, 2.45) is 0 Å². The Morgan fingerprint density at radius 1 is 1.21 bits per heavy atom. The number of fused-ring (bicyclic) bond motifs is 2. The molecule has 38 heavy (non-hydrogen) atoms. The summed E-state index contributed by atoms with van der Waals surface area (Å²) in [5, 5.41) is 24.3. The fraction of sp³-hybridized carbons (Fsp3) is 0.250. The Kier molecular flexibility index (Phi) is 7.62. The highest BCUT2D eigenvalue weighted by molar-refractivity contribution is 6.06. The van der Waals surface area contributed by atoms with Gasteiger partial charge in [-0.25, -0.2) is 0 Å². The van der Waals surface area contributed by atoms with Crippen molar-refractivity contribution in [2.45, 2.75) is 25.4 Å². The lowest BCUT2D eigenvalue weighted by atomic mass is 10.1. The number of hydrogen-bond acceptors (Lipinski definition) is 7. The topological polar surface area (TPSA) is 157 Å². The molecule has 0 saturated carbocycles. The van der Waals surface area contributed by atoms with Gasteiger partial charge in [0.15, 0.2) is 18.0 Å². The van der Waals surface area contributed by atoms with Gasteiger partial charge < -0.3 is 35.1 Å². The highest BCUT2D eigenvalue weighted by Gasteiger charge is 2.40. The number of aliphatic hydroxyl groups excluding tert-OH is 1. The number of aliphatic hydroxyl groups is 1. The molecule has 1 saturated heterocycles. The number of benzene rings is 2. The van der Waals surface area contributed by atoms with Crippen LogP contribution in [0.15, 0.2) is 47.3 Å². The predicted octanol–water partition coefficient (Wildman–Crippen LogP) is 1.71. The van der Waals surface area contributed by atoms with Gasteiger partial charge in [0, 0.05) is 41.9 Å². The number of morpholine rings is 1. The monoisotopic (exact) mass is 549 g/mol. The molecule has 5 N–H and O–H groups in total. The van der Waals surface area contributed by atoms with Crippen LogP contribution in [0.2, 0.25) is 0 Å². The minimum atomic E-state index is -3.21. The molecular formula is C24H22ClF2N5O6. The van der Waals surface area contributed by atoms with E-state index in [0.29, 0.717) is 23.2 Å². The number of hydrogen-bond donors (Lipinski definition) is 5. The van der Waals surface area contributed by atoms with E-state index in [1.807, 2.05) is 0 Å². The number of halogens is 3. The molecule has 2 aromatic carbocycles. The van der Waals surface area contributed by atoms with Crippen LogP contribution in [0.4, 0.5) is 20.2 Å². The van der Waals surface area contributed by atoms with Crippen molar-refractivity contribution in [1.29, 1.82) is 5.41 Å². The van der Waals surface area contributed by atoms with Crippen LogP contribution in [0.25, 0.3) is 10.9 Å². The number of aromatic amines is 1. The van der Waals surface area contributed by atoms with E-state index in [2.05, 4.69) is 20.4 Å². The van der Waals surface area contributed by atoms with Crippen LogP contribution in [-0.4, -0.2) is 59.7 Å². The number of carbonyl (C=O) groups excluding carboxylic acids is 2. The molecule has 0 bridgehead atoms. The lowest BCUT2D eigenvalue weighted by Crippen LogP contribution is -2.55. The molecule has 0 radical (unpaired) electrons. The van der Waals surface area contributed by atoms with Gasteiger partial charge in [-0.15, -0.1) is 12.4 Å². The van der Waals surface area contributed by atoms with Gasteiger partial charge in [0.05, 0.1) is 17.8 Å². The van der Waals surface area contributed by atoms with Gasteiger partial charge in [-0.3, -0.25) is 19.8 Å². The molecule has 200 valence electrons. The largest absolute Gasteiger partial charge is 0.433 e. The minimum absolute atomic E-state index is 0. The van der Waals surface area contributed by atoms with Crippen molar-refractivity contribution in [3.8, 4) is 5.75 Å². The zero-order valence-electron chi connectivity index (χ0n) is 19.5. The third-order valence-electron chi connectivity index (χ3n) is 6.08. The molecule has 1 aromatic heterocycles. The van der Waals surface area contributed by atoms with Gasteiger partial charge in [-0.1, -0.05) is 0 Å². The Hall–Kier alpha value is -4.07. The second kappa shape index (κ2) is 10.7. The first-order valence-electron chi connectivity index (χ1n) is 11.2. The number of nitrogens with one attached hydrogen (secondary N) is 4. The summed E-state index contributed by atoms with van der Waals surface area (Å²) in [6, 6.07) is 10.2. The molecule has 2 aliphatic heterocycles. The number of amides is 2. The molecule has 11 nitrogen and oxygen atoms in total. The smallest absolute Gasteiger partial charge is 0.387 e. The van der Waals surface area contributed by atoms with Gasteiger partial charge in [-0.2, -0.15) is 8.78 Å². The second-order valence-corrected chi connectivity index (χ2v) is 8.42. The minimum Gasteiger partial charge on any atom is -0.433 e. The highest BCUT2D eigenvalue weighted by Crippen LogP contribution is 2.35. The Labute approximate surface area is 219 Å². The highest BCUT2D eigenvalue weighted by atomic mass is 35.5. The molecule has 0 unspecified atom stereocenters. The lowest BCUT2D eigenvalue weighted by molar-refractivity contribution is -0.150. The number of amidine groups is 1. The van der Waals surface area contributed by atoms with E-state index in [4.69, 9.17) is 10.1 Å². The number of aromatic nitrogens is 1. The predicted molar refractivity (Wildman–Crippen MR) is 135 cm³/mol. The summed E-state index contributed by atoms with van der Waals surface area (Å²) < 4.78 is 36.3. The third kappa shape index (κ3) is 5.16. The molecule has 0 aliphatic carbocycles. The van der Waals surface area contributed by atoms with Crippen molar-refractivity contribution >= 4 is 52.3 Å². The molecule has 2 amide bonds. The van der Waals surface area contributed by atoms with Crippen LogP contribution in [0, 0.1) is 5.41 Å². The molecular weight excluding hydrogens is 528 g/mol. The van der Waals surface area contributed by atoms with E-state index < -0.39 is 36.2 Å². The lowest BCUT2D eigenvalue weighted by Gasteiger charge is -2.34. The van der Waals surface area contributed by atoms with Crippen LogP contribution in [-0.2, 0) is 20.9 Å². The summed E-state index contributed by atoms with van der Waals surface area (Å²) in [4.78, 5) is 41.3. The fourth-order valence-electron chi connectivity index (χ4n) is 4.34. The molecule has 3 heterocycles. The number of H-pyrrole nitrogens is 1. The fourth-order valence-corrected chi connectivity index (χ4v) is 4.34. The Balaban J connectivity index is 0.00000336. The van der Waals surface area contributed by atoms with E-state index in [9.17, 15) is 28.3 Å². The van der Waals surface area contributed by atoms with Gasteiger partial charge >= 0.3 is 6.61 Å². The number of pyridine rings is 1. The van der Waals surface area contributed by atoms with Crippen molar-refractivity contribution in [1.82, 2.24) is 10.3 Å². The van der Waals surface area contributed by atoms with Crippen LogP contribution in [0.3, 0.4) is 0 Å². The molecule has 2 atom stereocenters. The van der Waals surface area contributed by atoms with Crippen molar-refractivity contribution in [2.75, 3.05) is 23.4 Å². The summed E-state index contributed by atoms with van der Waals surface area (Å²) in [7, 11) is 0. The first kappa shape index (κ1) is 27.0. The molecule has 5 rings (SSSR count). The van der Waals surface area contributed by atoms with Crippen LogP contribution in [0.5, 0.6) is 5.75 Å². The SMILES string of the molecule is Cl.N=C1NCc2cc(NC(=O)[C@H](O)[C@H]3OCCN(c4cc5ccc(=O)[nH]c5cc4OC(F)F)C3=O)ccc21. The van der Waals surface area contributed by atoms with Gasteiger partial charge in [-0.05, 0) is 35.9 Å². The molecule has 3 aromatic rings. The van der Waals surface area contributed by atoms with E-state index in [1.54, 1.807) is 18.2 Å². The Bertz CT molecular complexity index is 1480. The maximum absolute atomic E-state index is 13.3. The molecule has 0 spiro atoms. The number of nitrogens with zero attached hydrogens (tertiary/aromatic N) is 1. The number of ether oxygens (including phenoxy) is 2. The second-order valence-electron chi connectivity index (χ2n) is 8.42. The molecule has 2 aliphatic rings. The van der Waals surface area contributed by atoms with Gasteiger partial charge in [0.25, 0.3) is 11.8 Å². The summed E-state index contributed by atoms with van der Waals surface area (Å²) in [6.45, 7) is -2.93. The third-order valence-corrected chi connectivity index (χ3v) is 6.08. The van der Waals surface area contributed by atoms with Gasteiger partial charge in [0.2, 0.25) is 5.56 Å². The number of carbonyl (C=O) groups is 2. The van der Waals surface area contributed by atoms with Crippen molar-refractivity contribution in [3.63, 3.8) is 0 Å². The van der Waals surface area contributed by atoms with Crippen LogP contribution >= 0.6 is 12.4 Å². The number of anilines is 2. The van der Waals surface area contributed by atoms with E-state index in [0.717, 1.165) is 10.5 Å². The summed E-state index contributed by atoms with van der Waals surface area (Å²) in [6.07, 6.45) is -3.51. The summed E-state index contributed by atoms with van der Waals surface area (Å²) in [5.74, 6) is -1.83. The first-order valence-corrected chi connectivity index (χ1v) is 11.2. The number of alkyl halides is 2. The zero-order chi connectivity index (χ0) is 26.3. The van der Waals surface area contributed by atoms with E-state index >= 15 is 0 Å². The molecule has 1 fully saturated rings. The first-order chi connectivity index (χ1) is 17.7. The maximum Gasteiger partial charge on any atom is 0.387 e. The average Bonchev–Trinajstić information content (AvgIpc) is 3.23. The summed E-state index contributed by atoms with van der Waals surface area (Å²) in [5.41, 5.74) is 1.59. The average molecular weight is 550 g/mol. The number of rotatable bonds is 6. The van der Waals surface area contributed by atoms with Crippen molar-refractivity contribution in [3.05, 3.63) is 63.9 Å². The molecule has 14 heteroatoms. The van der Waals surface area contributed by atoms with Crippen LogP contribution < -0.4 is 25.8 Å². The zero-order valence-corrected chi connectivity index (χ0v) is 20.3.